The van der Waals surface area contributed by atoms with Gasteiger partial charge < -0.3 is 14.8 Å². The van der Waals surface area contributed by atoms with E-state index in [9.17, 15) is 4.79 Å². The number of unbranched alkanes of at least 4 members (excludes halogenated alkanes) is 1. The molecule has 0 aliphatic carbocycles. The first-order valence-electron chi connectivity index (χ1n) is 8.74. The van der Waals surface area contributed by atoms with Gasteiger partial charge >= 0.3 is 0 Å². The number of carbonyl (C=O) groups excluding carboxylic acids is 1. The molecule has 0 fully saturated rings. The Morgan fingerprint density at radius 1 is 1.28 bits per heavy atom. The molecule has 2 aromatic rings. The topological polar surface area (TPSA) is 76.2 Å². The van der Waals surface area contributed by atoms with Crippen molar-refractivity contribution >= 4 is 5.91 Å². The largest absolute Gasteiger partial charge is 0.493 e. The number of H-pyrrole nitrogens is 1. The second-order valence-corrected chi connectivity index (χ2v) is 5.94. The van der Waals surface area contributed by atoms with Crippen LogP contribution in [0.5, 0.6) is 11.5 Å². The van der Waals surface area contributed by atoms with Gasteiger partial charge in [-0.2, -0.15) is 5.10 Å². The van der Waals surface area contributed by atoms with Gasteiger partial charge in [-0.25, -0.2) is 0 Å². The standard InChI is InChI=1S/C19H27N3O3/c1-5-7-10-25-17-9-8-14(11-18(17)24-4)13(3)20-19(23)16-12-15(6-2)21-22-16/h8-9,11-13H,5-7,10H2,1-4H3,(H,20,23)(H,21,22). The molecule has 25 heavy (non-hydrogen) atoms. The van der Waals surface area contributed by atoms with Crippen LogP contribution in [-0.2, 0) is 6.42 Å². The lowest BCUT2D eigenvalue weighted by Crippen LogP contribution is -2.27. The maximum absolute atomic E-state index is 12.3. The number of ether oxygens (including phenoxy) is 2. The summed E-state index contributed by atoms with van der Waals surface area (Å²) in [5.74, 6) is 1.19. The number of aromatic nitrogens is 2. The van der Waals surface area contributed by atoms with Gasteiger partial charge in [0.15, 0.2) is 11.5 Å². The van der Waals surface area contributed by atoms with Gasteiger partial charge in [-0.05, 0) is 43.5 Å². The van der Waals surface area contributed by atoms with E-state index < -0.39 is 0 Å². The van der Waals surface area contributed by atoms with Crippen LogP contribution in [0.4, 0.5) is 0 Å². The smallest absolute Gasteiger partial charge is 0.272 e. The summed E-state index contributed by atoms with van der Waals surface area (Å²) < 4.78 is 11.2. The van der Waals surface area contributed by atoms with E-state index in [1.54, 1.807) is 13.2 Å². The fraction of sp³-hybridized carbons (Fsp3) is 0.474. The lowest BCUT2D eigenvalue weighted by molar-refractivity contribution is 0.0934. The number of benzene rings is 1. The lowest BCUT2D eigenvalue weighted by Gasteiger charge is -2.16. The van der Waals surface area contributed by atoms with Crippen molar-refractivity contribution in [3.8, 4) is 11.5 Å². The summed E-state index contributed by atoms with van der Waals surface area (Å²) in [5, 5.41) is 9.85. The van der Waals surface area contributed by atoms with Gasteiger partial charge in [0.1, 0.15) is 5.69 Å². The summed E-state index contributed by atoms with van der Waals surface area (Å²) in [7, 11) is 1.62. The Kier molecular flexibility index (Phi) is 6.86. The first-order valence-corrected chi connectivity index (χ1v) is 8.74. The van der Waals surface area contributed by atoms with Crippen molar-refractivity contribution in [3.63, 3.8) is 0 Å². The Balaban J connectivity index is 2.05. The van der Waals surface area contributed by atoms with Crippen LogP contribution < -0.4 is 14.8 Å². The third-order valence-corrected chi connectivity index (χ3v) is 4.04. The molecule has 1 unspecified atom stereocenters. The van der Waals surface area contributed by atoms with Gasteiger partial charge in [-0.1, -0.05) is 26.3 Å². The maximum atomic E-state index is 12.3. The molecule has 0 aliphatic heterocycles. The number of methoxy groups -OCH3 is 1. The highest BCUT2D eigenvalue weighted by molar-refractivity contribution is 5.92. The van der Waals surface area contributed by atoms with Crippen LogP contribution >= 0.6 is 0 Å². The second kappa shape index (κ2) is 9.11. The summed E-state index contributed by atoms with van der Waals surface area (Å²) in [6.45, 7) is 6.72. The van der Waals surface area contributed by atoms with Gasteiger partial charge in [0.2, 0.25) is 0 Å². The van der Waals surface area contributed by atoms with Crippen molar-refractivity contribution in [2.75, 3.05) is 13.7 Å². The number of aromatic amines is 1. The van der Waals surface area contributed by atoms with Crippen molar-refractivity contribution < 1.29 is 14.3 Å². The number of amides is 1. The molecule has 6 heteroatoms. The first-order chi connectivity index (χ1) is 12.1. The third-order valence-electron chi connectivity index (χ3n) is 4.04. The van der Waals surface area contributed by atoms with E-state index in [1.165, 1.54) is 0 Å². The van der Waals surface area contributed by atoms with Crippen molar-refractivity contribution in [3.05, 3.63) is 41.2 Å². The Morgan fingerprint density at radius 3 is 2.72 bits per heavy atom. The molecule has 2 N–H and O–H groups in total. The quantitative estimate of drug-likeness (QED) is 0.680. The minimum absolute atomic E-state index is 0.173. The number of rotatable bonds is 9. The summed E-state index contributed by atoms with van der Waals surface area (Å²) >= 11 is 0. The Morgan fingerprint density at radius 2 is 2.08 bits per heavy atom. The minimum Gasteiger partial charge on any atom is -0.493 e. The van der Waals surface area contributed by atoms with E-state index in [1.807, 2.05) is 32.0 Å². The van der Waals surface area contributed by atoms with Crippen molar-refractivity contribution in [1.29, 1.82) is 0 Å². The molecule has 1 aromatic heterocycles. The van der Waals surface area contributed by atoms with Crippen molar-refractivity contribution in [2.24, 2.45) is 0 Å². The molecule has 1 atom stereocenters. The highest BCUT2D eigenvalue weighted by atomic mass is 16.5. The monoisotopic (exact) mass is 345 g/mol. The molecule has 0 aliphatic rings. The highest BCUT2D eigenvalue weighted by Crippen LogP contribution is 2.30. The number of hydrogen-bond donors (Lipinski definition) is 2. The van der Waals surface area contributed by atoms with Crippen LogP contribution in [0.25, 0.3) is 0 Å². The lowest BCUT2D eigenvalue weighted by atomic mass is 10.1. The first kappa shape index (κ1) is 18.8. The van der Waals surface area contributed by atoms with Crippen LogP contribution in [-0.4, -0.2) is 29.8 Å². The number of aryl methyl sites for hydroxylation is 1. The zero-order valence-corrected chi connectivity index (χ0v) is 15.4. The van der Waals surface area contributed by atoms with Gasteiger partial charge in [0.25, 0.3) is 5.91 Å². The Labute approximate surface area is 148 Å². The van der Waals surface area contributed by atoms with Crippen LogP contribution in [0.2, 0.25) is 0 Å². The number of nitrogens with zero attached hydrogens (tertiary/aromatic N) is 1. The zero-order chi connectivity index (χ0) is 18.2. The van der Waals surface area contributed by atoms with Crippen LogP contribution in [0.1, 0.15) is 61.4 Å². The second-order valence-electron chi connectivity index (χ2n) is 5.94. The summed E-state index contributed by atoms with van der Waals surface area (Å²) in [4.78, 5) is 12.3. The number of nitrogens with one attached hydrogen (secondary N) is 2. The molecule has 1 aromatic carbocycles. The molecule has 1 heterocycles. The average molecular weight is 345 g/mol. The molecule has 0 saturated heterocycles. The van der Waals surface area contributed by atoms with Crippen LogP contribution in [0.3, 0.4) is 0 Å². The average Bonchev–Trinajstić information content (AvgIpc) is 3.11. The van der Waals surface area contributed by atoms with E-state index in [-0.39, 0.29) is 11.9 Å². The fourth-order valence-corrected chi connectivity index (χ4v) is 2.41. The van der Waals surface area contributed by atoms with Gasteiger partial charge in [0.05, 0.1) is 19.8 Å². The maximum Gasteiger partial charge on any atom is 0.272 e. The van der Waals surface area contributed by atoms with E-state index in [0.29, 0.717) is 18.1 Å². The van der Waals surface area contributed by atoms with Crippen molar-refractivity contribution in [1.82, 2.24) is 15.5 Å². The summed E-state index contributed by atoms with van der Waals surface area (Å²) in [6.07, 6.45) is 2.89. The van der Waals surface area contributed by atoms with Gasteiger partial charge in [-0.15, -0.1) is 0 Å². The van der Waals surface area contributed by atoms with E-state index in [4.69, 9.17) is 9.47 Å². The van der Waals surface area contributed by atoms with Gasteiger partial charge in [0, 0.05) is 5.69 Å². The molecule has 0 spiro atoms. The predicted molar refractivity (Wildman–Crippen MR) is 97.2 cm³/mol. The van der Waals surface area contributed by atoms with E-state index in [0.717, 1.165) is 36.3 Å². The van der Waals surface area contributed by atoms with Gasteiger partial charge in [-0.3, -0.25) is 9.89 Å². The fourth-order valence-electron chi connectivity index (χ4n) is 2.41. The van der Waals surface area contributed by atoms with Crippen LogP contribution in [0, 0.1) is 0 Å². The molecule has 0 radical (unpaired) electrons. The van der Waals surface area contributed by atoms with E-state index >= 15 is 0 Å². The highest BCUT2D eigenvalue weighted by Gasteiger charge is 2.16. The predicted octanol–water partition coefficient (Wildman–Crippen LogP) is 3.65. The molecule has 0 saturated carbocycles. The molecule has 2 rings (SSSR count). The molecule has 136 valence electrons. The Hall–Kier alpha value is -2.50. The summed E-state index contributed by atoms with van der Waals surface area (Å²) in [5.41, 5.74) is 2.28. The molecule has 0 bridgehead atoms. The molecular formula is C19H27N3O3. The third kappa shape index (κ3) is 4.98. The minimum atomic E-state index is -0.203. The zero-order valence-electron chi connectivity index (χ0n) is 15.4. The van der Waals surface area contributed by atoms with Crippen molar-refractivity contribution in [2.45, 2.75) is 46.1 Å². The number of carbonyl (C=O) groups is 1. The molecule has 1 amide bonds. The normalized spacial score (nSPS) is 11.8. The van der Waals surface area contributed by atoms with E-state index in [2.05, 4.69) is 22.4 Å². The van der Waals surface area contributed by atoms with Crippen LogP contribution in [0.15, 0.2) is 24.3 Å². The number of hydrogen-bond acceptors (Lipinski definition) is 4. The Bertz CT molecular complexity index is 697. The summed E-state index contributed by atoms with van der Waals surface area (Å²) in [6, 6.07) is 7.32. The SMILES string of the molecule is CCCCOc1ccc(C(C)NC(=O)c2cc(CC)[nH]n2)cc1OC. The molecular weight excluding hydrogens is 318 g/mol. The molecule has 6 nitrogen and oxygen atoms in total.